The fourth-order valence-corrected chi connectivity index (χ4v) is 2.74. The van der Waals surface area contributed by atoms with E-state index in [1.54, 1.807) is 60.9 Å². The van der Waals surface area contributed by atoms with Crippen molar-refractivity contribution in [1.29, 1.82) is 0 Å². The highest BCUT2D eigenvalue weighted by Crippen LogP contribution is 2.22. The average molecular weight is 371 g/mol. The molecule has 0 saturated heterocycles. The number of benzene rings is 2. The maximum absolute atomic E-state index is 12.3. The molecule has 0 unspecified atom stereocenters. The molecule has 1 heterocycles. The summed E-state index contributed by atoms with van der Waals surface area (Å²) >= 11 is 11.9. The molecule has 3 rings (SSSR count). The van der Waals surface area contributed by atoms with Crippen LogP contribution in [0.4, 0.5) is 5.69 Å². The summed E-state index contributed by atoms with van der Waals surface area (Å²) in [5, 5.41) is 3.47. The zero-order chi connectivity index (χ0) is 17.8. The van der Waals surface area contributed by atoms with Crippen molar-refractivity contribution < 1.29 is 9.59 Å². The van der Waals surface area contributed by atoms with Gasteiger partial charge in [0, 0.05) is 34.2 Å². The second-order valence-electron chi connectivity index (χ2n) is 5.22. The molecule has 0 aliphatic rings. The minimum Gasteiger partial charge on any atom is -0.322 e. The minimum atomic E-state index is -0.352. The molecular formula is C19H12Cl2N2O2. The van der Waals surface area contributed by atoms with E-state index in [2.05, 4.69) is 10.3 Å². The average Bonchev–Trinajstić information content (AvgIpc) is 2.62. The fourth-order valence-electron chi connectivity index (χ4n) is 2.25. The van der Waals surface area contributed by atoms with Gasteiger partial charge < -0.3 is 5.32 Å². The number of pyridine rings is 1. The SMILES string of the molecule is O=C(c1ccncc1)c1ccc(NC(=O)c2ccc(Cl)cc2Cl)cc1. The van der Waals surface area contributed by atoms with E-state index in [0.29, 0.717) is 27.4 Å². The molecule has 0 aliphatic heterocycles. The Morgan fingerprint density at radius 1 is 0.840 bits per heavy atom. The number of hydrogen-bond donors (Lipinski definition) is 1. The van der Waals surface area contributed by atoms with Crippen LogP contribution in [0.2, 0.25) is 10.0 Å². The van der Waals surface area contributed by atoms with Crippen LogP contribution in [0.25, 0.3) is 0 Å². The molecule has 4 nitrogen and oxygen atoms in total. The van der Waals surface area contributed by atoms with Gasteiger partial charge in [0.05, 0.1) is 10.6 Å². The van der Waals surface area contributed by atoms with Crippen molar-refractivity contribution >= 4 is 40.6 Å². The lowest BCUT2D eigenvalue weighted by Gasteiger charge is -2.08. The van der Waals surface area contributed by atoms with Crippen LogP contribution >= 0.6 is 23.2 Å². The first-order chi connectivity index (χ1) is 12.0. The summed E-state index contributed by atoms with van der Waals surface area (Å²) in [7, 11) is 0. The number of amides is 1. The molecule has 0 bridgehead atoms. The van der Waals surface area contributed by atoms with Crippen LogP contribution < -0.4 is 5.32 Å². The lowest BCUT2D eigenvalue weighted by atomic mass is 10.0. The van der Waals surface area contributed by atoms with Crippen molar-refractivity contribution in [3.63, 3.8) is 0 Å². The van der Waals surface area contributed by atoms with Crippen molar-refractivity contribution in [3.05, 3.63) is 93.7 Å². The van der Waals surface area contributed by atoms with Crippen molar-refractivity contribution in [2.24, 2.45) is 0 Å². The highest BCUT2D eigenvalue weighted by Gasteiger charge is 2.12. The zero-order valence-corrected chi connectivity index (χ0v) is 14.4. The van der Waals surface area contributed by atoms with Gasteiger partial charge in [0.25, 0.3) is 5.91 Å². The van der Waals surface area contributed by atoms with Gasteiger partial charge in [-0.05, 0) is 54.6 Å². The fraction of sp³-hybridized carbons (Fsp3) is 0. The Hall–Kier alpha value is -2.69. The smallest absolute Gasteiger partial charge is 0.257 e. The van der Waals surface area contributed by atoms with Gasteiger partial charge in [0.15, 0.2) is 5.78 Å². The van der Waals surface area contributed by atoms with E-state index >= 15 is 0 Å². The van der Waals surface area contributed by atoms with Crippen molar-refractivity contribution in [1.82, 2.24) is 4.98 Å². The number of hydrogen-bond acceptors (Lipinski definition) is 3. The minimum absolute atomic E-state index is 0.110. The number of nitrogens with one attached hydrogen (secondary N) is 1. The van der Waals surface area contributed by atoms with Gasteiger partial charge in [-0.15, -0.1) is 0 Å². The van der Waals surface area contributed by atoms with Crippen LogP contribution in [0, 0.1) is 0 Å². The maximum atomic E-state index is 12.3. The predicted molar refractivity (Wildman–Crippen MR) is 98.5 cm³/mol. The lowest BCUT2D eigenvalue weighted by molar-refractivity contribution is 0.102. The van der Waals surface area contributed by atoms with Crippen molar-refractivity contribution in [3.8, 4) is 0 Å². The molecule has 0 radical (unpaired) electrons. The van der Waals surface area contributed by atoms with E-state index in [-0.39, 0.29) is 16.7 Å². The van der Waals surface area contributed by atoms with Crippen LogP contribution in [0.5, 0.6) is 0 Å². The molecule has 0 aliphatic carbocycles. The van der Waals surface area contributed by atoms with Crippen LogP contribution in [0.3, 0.4) is 0 Å². The summed E-state index contributed by atoms with van der Waals surface area (Å²) in [6.07, 6.45) is 3.13. The molecule has 1 aromatic heterocycles. The molecule has 1 amide bonds. The second-order valence-corrected chi connectivity index (χ2v) is 6.06. The van der Waals surface area contributed by atoms with Gasteiger partial charge in [0.2, 0.25) is 0 Å². The first-order valence-electron chi connectivity index (χ1n) is 7.36. The predicted octanol–water partition coefficient (Wildman–Crippen LogP) is 4.87. The number of halogens is 2. The molecule has 3 aromatic rings. The number of anilines is 1. The summed E-state index contributed by atoms with van der Waals surface area (Å²) in [6.45, 7) is 0. The van der Waals surface area contributed by atoms with Gasteiger partial charge in [-0.3, -0.25) is 14.6 Å². The molecule has 0 fully saturated rings. The van der Waals surface area contributed by atoms with Crippen LogP contribution in [-0.2, 0) is 0 Å². The molecule has 0 atom stereocenters. The number of ketones is 1. The van der Waals surface area contributed by atoms with E-state index < -0.39 is 0 Å². The normalized spacial score (nSPS) is 10.3. The Labute approximate surface area is 154 Å². The number of carbonyl (C=O) groups is 2. The summed E-state index contributed by atoms with van der Waals surface area (Å²) in [5.74, 6) is -0.462. The monoisotopic (exact) mass is 370 g/mol. The first kappa shape index (κ1) is 17.1. The third-order valence-corrected chi connectivity index (χ3v) is 4.07. The number of nitrogens with zero attached hydrogens (tertiary/aromatic N) is 1. The molecule has 1 N–H and O–H groups in total. The summed E-state index contributed by atoms with van der Waals surface area (Å²) in [4.78, 5) is 28.5. The molecule has 6 heteroatoms. The van der Waals surface area contributed by atoms with Gasteiger partial charge in [-0.2, -0.15) is 0 Å². The highest BCUT2D eigenvalue weighted by atomic mass is 35.5. The van der Waals surface area contributed by atoms with Crippen LogP contribution in [0.1, 0.15) is 26.3 Å². The van der Waals surface area contributed by atoms with Gasteiger partial charge >= 0.3 is 0 Å². The van der Waals surface area contributed by atoms with E-state index in [4.69, 9.17) is 23.2 Å². The van der Waals surface area contributed by atoms with E-state index in [0.717, 1.165) is 0 Å². The standard InChI is InChI=1S/C19H12Cl2N2O2/c20-14-3-6-16(17(21)11-14)19(25)23-15-4-1-12(2-5-15)18(24)13-7-9-22-10-8-13/h1-11H,(H,23,25). The third kappa shape index (κ3) is 4.05. The Bertz CT molecular complexity index is 926. The summed E-state index contributed by atoms with van der Waals surface area (Å²) < 4.78 is 0. The number of aromatic nitrogens is 1. The lowest BCUT2D eigenvalue weighted by Crippen LogP contribution is -2.12. The summed E-state index contributed by atoms with van der Waals surface area (Å²) in [5.41, 5.74) is 1.96. The number of carbonyl (C=O) groups excluding carboxylic acids is 2. The Morgan fingerprint density at radius 3 is 2.12 bits per heavy atom. The van der Waals surface area contributed by atoms with E-state index in [9.17, 15) is 9.59 Å². The van der Waals surface area contributed by atoms with Crippen LogP contribution in [0.15, 0.2) is 67.0 Å². The molecule has 124 valence electrons. The van der Waals surface area contributed by atoms with Crippen LogP contribution in [-0.4, -0.2) is 16.7 Å². The van der Waals surface area contributed by atoms with Gasteiger partial charge in [-0.25, -0.2) is 0 Å². The highest BCUT2D eigenvalue weighted by molar-refractivity contribution is 6.37. The maximum Gasteiger partial charge on any atom is 0.257 e. The topological polar surface area (TPSA) is 59.1 Å². The van der Waals surface area contributed by atoms with E-state index in [1.165, 1.54) is 6.07 Å². The van der Waals surface area contributed by atoms with Crippen molar-refractivity contribution in [2.45, 2.75) is 0 Å². The second kappa shape index (κ2) is 7.47. The molecule has 25 heavy (non-hydrogen) atoms. The van der Waals surface area contributed by atoms with Gasteiger partial charge in [-0.1, -0.05) is 23.2 Å². The number of rotatable bonds is 4. The zero-order valence-electron chi connectivity index (χ0n) is 12.9. The quantitative estimate of drug-likeness (QED) is 0.666. The third-order valence-electron chi connectivity index (χ3n) is 3.52. The Kier molecular flexibility index (Phi) is 5.12. The van der Waals surface area contributed by atoms with E-state index in [1.807, 2.05) is 0 Å². The molecular weight excluding hydrogens is 359 g/mol. The Balaban J connectivity index is 1.74. The molecule has 2 aromatic carbocycles. The molecule has 0 saturated carbocycles. The first-order valence-corrected chi connectivity index (χ1v) is 8.11. The van der Waals surface area contributed by atoms with Gasteiger partial charge in [0.1, 0.15) is 0 Å². The summed E-state index contributed by atoms with van der Waals surface area (Å²) in [6, 6.07) is 14.6. The largest absolute Gasteiger partial charge is 0.322 e. The Morgan fingerprint density at radius 2 is 1.48 bits per heavy atom. The molecule has 0 spiro atoms. The van der Waals surface area contributed by atoms with Crippen molar-refractivity contribution in [2.75, 3.05) is 5.32 Å².